The minimum atomic E-state index is -0.449. The SMILES string of the molecule is C=C(C)CN(CC)c1ccc([C@H](C)O)c(Br)c1. The van der Waals surface area contributed by atoms with Crippen molar-refractivity contribution in [2.24, 2.45) is 0 Å². The highest BCUT2D eigenvalue weighted by Crippen LogP contribution is 2.28. The molecule has 0 fully saturated rings. The van der Waals surface area contributed by atoms with Crippen LogP contribution in [0.1, 0.15) is 32.4 Å². The number of aliphatic hydroxyl groups excluding tert-OH is 1. The third-order valence-corrected chi connectivity index (χ3v) is 3.33. The number of rotatable bonds is 5. The summed E-state index contributed by atoms with van der Waals surface area (Å²) in [7, 11) is 0. The van der Waals surface area contributed by atoms with Crippen molar-refractivity contribution in [3.63, 3.8) is 0 Å². The highest BCUT2D eigenvalue weighted by Gasteiger charge is 2.10. The lowest BCUT2D eigenvalue weighted by molar-refractivity contribution is 0.198. The summed E-state index contributed by atoms with van der Waals surface area (Å²) in [5.74, 6) is 0. The molecule has 94 valence electrons. The molecule has 0 radical (unpaired) electrons. The van der Waals surface area contributed by atoms with Crippen LogP contribution in [0.4, 0.5) is 5.69 Å². The molecule has 0 saturated carbocycles. The molecule has 2 nitrogen and oxygen atoms in total. The Labute approximate surface area is 112 Å². The van der Waals surface area contributed by atoms with Crippen molar-refractivity contribution >= 4 is 21.6 Å². The molecule has 1 N–H and O–H groups in total. The zero-order valence-electron chi connectivity index (χ0n) is 10.7. The van der Waals surface area contributed by atoms with Crippen molar-refractivity contribution in [1.29, 1.82) is 0 Å². The van der Waals surface area contributed by atoms with Crippen molar-refractivity contribution in [3.05, 3.63) is 40.4 Å². The van der Waals surface area contributed by atoms with Gasteiger partial charge in [-0.3, -0.25) is 0 Å². The number of aliphatic hydroxyl groups is 1. The molecule has 1 rings (SSSR count). The van der Waals surface area contributed by atoms with Gasteiger partial charge in [0.25, 0.3) is 0 Å². The number of likely N-dealkylation sites (N-methyl/N-ethyl adjacent to an activating group) is 1. The summed E-state index contributed by atoms with van der Waals surface area (Å²) in [5.41, 5.74) is 3.20. The van der Waals surface area contributed by atoms with Gasteiger partial charge in [0.1, 0.15) is 0 Å². The van der Waals surface area contributed by atoms with Gasteiger partial charge in [-0.25, -0.2) is 0 Å². The van der Waals surface area contributed by atoms with Gasteiger partial charge in [-0.05, 0) is 38.5 Å². The van der Waals surface area contributed by atoms with Crippen LogP contribution in [0.5, 0.6) is 0 Å². The van der Waals surface area contributed by atoms with Crippen LogP contribution in [-0.4, -0.2) is 18.2 Å². The van der Waals surface area contributed by atoms with Crippen molar-refractivity contribution in [2.75, 3.05) is 18.0 Å². The first kappa shape index (κ1) is 14.3. The summed E-state index contributed by atoms with van der Waals surface area (Å²) >= 11 is 3.50. The monoisotopic (exact) mass is 297 g/mol. The average Bonchev–Trinajstić information content (AvgIpc) is 2.24. The molecule has 0 saturated heterocycles. The summed E-state index contributed by atoms with van der Waals surface area (Å²) in [4.78, 5) is 2.25. The maximum Gasteiger partial charge on any atom is 0.0772 e. The molecule has 17 heavy (non-hydrogen) atoms. The van der Waals surface area contributed by atoms with Gasteiger partial charge in [0.15, 0.2) is 0 Å². The fourth-order valence-corrected chi connectivity index (χ4v) is 2.46. The number of benzene rings is 1. The summed E-state index contributed by atoms with van der Waals surface area (Å²) < 4.78 is 0.949. The van der Waals surface area contributed by atoms with E-state index in [1.54, 1.807) is 6.92 Å². The topological polar surface area (TPSA) is 23.5 Å². The summed E-state index contributed by atoms with van der Waals surface area (Å²) in [5, 5.41) is 9.58. The third-order valence-electron chi connectivity index (χ3n) is 2.64. The van der Waals surface area contributed by atoms with Crippen molar-refractivity contribution in [2.45, 2.75) is 26.9 Å². The second-order valence-electron chi connectivity index (χ2n) is 4.35. The van der Waals surface area contributed by atoms with Crippen LogP contribution in [0, 0.1) is 0 Å². The molecule has 0 spiro atoms. The quantitative estimate of drug-likeness (QED) is 0.833. The first-order valence-corrected chi connectivity index (χ1v) is 6.61. The molecular weight excluding hydrogens is 278 g/mol. The predicted octanol–water partition coefficient (Wildman–Crippen LogP) is 3.90. The predicted molar refractivity (Wildman–Crippen MR) is 77.5 cm³/mol. The fraction of sp³-hybridized carbons (Fsp3) is 0.429. The van der Waals surface area contributed by atoms with Crippen LogP contribution in [0.3, 0.4) is 0 Å². The highest BCUT2D eigenvalue weighted by molar-refractivity contribution is 9.10. The second-order valence-corrected chi connectivity index (χ2v) is 5.21. The molecule has 0 bridgehead atoms. The zero-order chi connectivity index (χ0) is 13.0. The van der Waals surface area contributed by atoms with Crippen LogP contribution in [0.25, 0.3) is 0 Å². The molecule has 1 aromatic rings. The summed E-state index contributed by atoms with van der Waals surface area (Å²) in [6.07, 6.45) is -0.449. The number of hydrogen-bond donors (Lipinski definition) is 1. The van der Waals surface area contributed by atoms with Gasteiger partial charge >= 0.3 is 0 Å². The molecule has 0 aliphatic heterocycles. The standard InChI is InChI=1S/C14H20BrNO/c1-5-16(9-10(2)3)12-6-7-13(11(4)17)14(15)8-12/h6-8,11,17H,2,5,9H2,1,3-4H3/t11-/m0/s1. The Hall–Kier alpha value is -0.800. The van der Waals surface area contributed by atoms with Gasteiger partial charge in [-0.2, -0.15) is 0 Å². The van der Waals surface area contributed by atoms with Gasteiger partial charge in [-0.1, -0.05) is 34.1 Å². The summed E-state index contributed by atoms with van der Waals surface area (Å²) in [6.45, 7) is 11.7. The first-order valence-electron chi connectivity index (χ1n) is 5.82. The lowest BCUT2D eigenvalue weighted by atomic mass is 10.1. The Kier molecular flexibility index (Phi) is 5.22. The molecule has 0 aliphatic carbocycles. The van der Waals surface area contributed by atoms with Gasteiger partial charge < -0.3 is 10.0 Å². The largest absolute Gasteiger partial charge is 0.389 e. The molecule has 1 atom stereocenters. The van der Waals surface area contributed by atoms with E-state index in [9.17, 15) is 5.11 Å². The van der Waals surface area contributed by atoms with Gasteiger partial charge in [0.05, 0.1) is 6.10 Å². The van der Waals surface area contributed by atoms with E-state index in [1.165, 1.54) is 0 Å². The Morgan fingerprint density at radius 1 is 1.53 bits per heavy atom. The third kappa shape index (κ3) is 3.86. The molecule has 0 heterocycles. The van der Waals surface area contributed by atoms with Crippen LogP contribution < -0.4 is 4.90 Å². The number of nitrogens with zero attached hydrogens (tertiary/aromatic N) is 1. The Morgan fingerprint density at radius 3 is 2.59 bits per heavy atom. The van der Waals surface area contributed by atoms with E-state index in [1.807, 2.05) is 19.1 Å². The van der Waals surface area contributed by atoms with E-state index in [0.717, 1.165) is 34.4 Å². The fourth-order valence-electron chi connectivity index (χ4n) is 1.76. The van der Waals surface area contributed by atoms with Crippen molar-refractivity contribution in [3.8, 4) is 0 Å². The lowest BCUT2D eigenvalue weighted by Crippen LogP contribution is -2.24. The molecule has 1 aromatic carbocycles. The van der Waals surface area contributed by atoms with E-state index in [2.05, 4.69) is 40.4 Å². The van der Waals surface area contributed by atoms with Crippen LogP contribution >= 0.6 is 15.9 Å². The van der Waals surface area contributed by atoms with E-state index < -0.39 is 6.10 Å². The van der Waals surface area contributed by atoms with E-state index in [0.29, 0.717) is 0 Å². The Morgan fingerprint density at radius 2 is 2.18 bits per heavy atom. The smallest absolute Gasteiger partial charge is 0.0772 e. The number of anilines is 1. The lowest BCUT2D eigenvalue weighted by Gasteiger charge is -2.24. The molecule has 3 heteroatoms. The number of hydrogen-bond acceptors (Lipinski definition) is 2. The van der Waals surface area contributed by atoms with Gasteiger partial charge in [0.2, 0.25) is 0 Å². The zero-order valence-corrected chi connectivity index (χ0v) is 12.3. The van der Waals surface area contributed by atoms with Gasteiger partial charge in [0, 0.05) is 23.2 Å². The molecule has 0 aliphatic rings. The maximum atomic E-state index is 9.58. The minimum Gasteiger partial charge on any atom is -0.389 e. The van der Waals surface area contributed by atoms with E-state index in [4.69, 9.17) is 0 Å². The van der Waals surface area contributed by atoms with Gasteiger partial charge in [-0.15, -0.1) is 0 Å². The van der Waals surface area contributed by atoms with Crippen LogP contribution in [0.15, 0.2) is 34.8 Å². The average molecular weight is 298 g/mol. The Bertz CT molecular complexity index is 401. The number of halogens is 1. The summed E-state index contributed by atoms with van der Waals surface area (Å²) in [6, 6.07) is 6.05. The highest BCUT2D eigenvalue weighted by atomic mass is 79.9. The molecule has 0 unspecified atom stereocenters. The molecular formula is C14H20BrNO. The second kappa shape index (κ2) is 6.22. The van der Waals surface area contributed by atoms with E-state index in [-0.39, 0.29) is 0 Å². The minimum absolute atomic E-state index is 0.449. The van der Waals surface area contributed by atoms with Crippen molar-refractivity contribution in [1.82, 2.24) is 0 Å². The normalized spacial score (nSPS) is 12.3. The molecule has 0 aromatic heterocycles. The van der Waals surface area contributed by atoms with Crippen LogP contribution in [-0.2, 0) is 0 Å². The van der Waals surface area contributed by atoms with E-state index >= 15 is 0 Å². The van der Waals surface area contributed by atoms with Crippen LogP contribution in [0.2, 0.25) is 0 Å². The van der Waals surface area contributed by atoms with Crippen molar-refractivity contribution < 1.29 is 5.11 Å². The Balaban J connectivity index is 2.98. The molecule has 0 amide bonds. The first-order chi connectivity index (χ1) is 7.95. The maximum absolute atomic E-state index is 9.58.